The second-order valence-corrected chi connectivity index (χ2v) is 4.52. The van der Waals surface area contributed by atoms with Gasteiger partial charge in [0, 0.05) is 12.6 Å². The third-order valence-corrected chi connectivity index (χ3v) is 2.91. The molecule has 0 unspecified atom stereocenters. The number of hydrogen-bond donors (Lipinski definition) is 0. The molecule has 0 bridgehead atoms. The molecule has 0 aliphatic heterocycles. The van der Waals surface area contributed by atoms with Gasteiger partial charge in [0.05, 0.1) is 16.7 Å². The van der Waals surface area contributed by atoms with Crippen LogP contribution in [0.2, 0.25) is 0 Å². The summed E-state index contributed by atoms with van der Waals surface area (Å²) in [6.45, 7) is 3.88. The van der Waals surface area contributed by atoms with E-state index in [1.54, 1.807) is 18.8 Å². The molecule has 3 nitrogen and oxygen atoms in total. The lowest BCUT2D eigenvalue weighted by atomic mass is 10.1. The Labute approximate surface area is 107 Å². The summed E-state index contributed by atoms with van der Waals surface area (Å²) >= 11 is 1.56. The van der Waals surface area contributed by atoms with Gasteiger partial charge in [0.15, 0.2) is 0 Å². The average molecular weight is 248 g/mol. The highest BCUT2D eigenvalue weighted by atomic mass is 32.2. The van der Waals surface area contributed by atoms with Crippen LogP contribution in [0.4, 0.5) is 0 Å². The van der Waals surface area contributed by atoms with Crippen LogP contribution in [-0.2, 0) is 0 Å². The summed E-state index contributed by atoms with van der Waals surface area (Å²) in [6.07, 6.45) is 2.03. The van der Waals surface area contributed by atoms with E-state index >= 15 is 0 Å². The predicted octanol–water partition coefficient (Wildman–Crippen LogP) is 3.08. The van der Waals surface area contributed by atoms with Crippen molar-refractivity contribution >= 4 is 16.8 Å². The van der Waals surface area contributed by atoms with Gasteiger partial charge in [-0.05, 0) is 38.3 Å². The minimum atomic E-state index is 0.0628. The number of nitrogens with zero attached hydrogens (tertiary/aromatic N) is 2. The quantitative estimate of drug-likeness (QED) is 0.610. The van der Waals surface area contributed by atoms with Gasteiger partial charge in [-0.2, -0.15) is 5.26 Å². The number of rotatable bonds is 3. The maximum Gasteiger partial charge on any atom is 0.137 e. The molecule has 0 N–H and O–H groups in total. The summed E-state index contributed by atoms with van der Waals surface area (Å²) in [7, 11) is 1.75. The summed E-state index contributed by atoms with van der Waals surface area (Å²) < 4.78 is 5.57. The Hall–Kier alpha value is -1.47. The molecule has 0 saturated heterocycles. The third kappa shape index (κ3) is 3.50. The highest BCUT2D eigenvalue weighted by Crippen LogP contribution is 2.22. The van der Waals surface area contributed by atoms with Crippen LogP contribution in [-0.4, -0.2) is 24.5 Å². The van der Waals surface area contributed by atoms with E-state index in [1.165, 1.54) is 0 Å². The van der Waals surface area contributed by atoms with Crippen molar-refractivity contribution in [1.82, 2.24) is 0 Å². The van der Waals surface area contributed by atoms with Gasteiger partial charge >= 0.3 is 0 Å². The van der Waals surface area contributed by atoms with E-state index in [4.69, 9.17) is 10.00 Å². The highest BCUT2D eigenvalue weighted by Gasteiger charge is 2.09. The lowest BCUT2D eigenvalue weighted by Crippen LogP contribution is -2.07. The number of ether oxygens (including phenoxy) is 1. The number of hydrogen-bond acceptors (Lipinski definition) is 4. The van der Waals surface area contributed by atoms with Crippen molar-refractivity contribution in [2.24, 2.45) is 4.99 Å². The lowest BCUT2D eigenvalue weighted by molar-refractivity contribution is 0.241. The Morgan fingerprint density at radius 3 is 2.65 bits per heavy atom. The minimum absolute atomic E-state index is 0.0628. The molecular weight excluding hydrogens is 232 g/mol. The maximum atomic E-state index is 9.11. The normalized spacial score (nSPS) is 11.4. The van der Waals surface area contributed by atoms with Gasteiger partial charge in [0.2, 0.25) is 0 Å². The second kappa shape index (κ2) is 6.31. The van der Waals surface area contributed by atoms with Gasteiger partial charge in [-0.25, -0.2) is 0 Å². The Kier molecular flexibility index (Phi) is 5.05. The molecule has 1 aromatic carbocycles. The zero-order chi connectivity index (χ0) is 12.8. The molecule has 90 valence electrons. The van der Waals surface area contributed by atoms with Gasteiger partial charge in [0.1, 0.15) is 11.8 Å². The van der Waals surface area contributed by atoms with Crippen molar-refractivity contribution < 1.29 is 4.74 Å². The highest BCUT2D eigenvalue weighted by molar-refractivity contribution is 8.13. The first-order chi connectivity index (χ1) is 8.12. The van der Waals surface area contributed by atoms with Crippen LogP contribution in [0.1, 0.15) is 25.0 Å². The summed E-state index contributed by atoms with van der Waals surface area (Å²) in [5.41, 5.74) is 1.50. The second-order valence-electron chi connectivity index (χ2n) is 3.72. The van der Waals surface area contributed by atoms with E-state index in [1.807, 2.05) is 38.3 Å². The van der Waals surface area contributed by atoms with Crippen LogP contribution in [0.25, 0.3) is 0 Å². The van der Waals surface area contributed by atoms with Crippen molar-refractivity contribution in [1.29, 1.82) is 5.26 Å². The molecular formula is C13H16N2OS. The molecule has 17 heavy (non-hydrogen) atoms. The third-order valence-electron chi connectivity index (χ3n) is 2.11. The zero-order valence-electron chi connectivity index (χ0n) is 10.5. The van der Waals surface area contributed by atoms with Gasteiger partial charge < -0.3 is 4.74 Å². The van der Waals surface area contributed by atoms with E-state index in [2.05, 4.69) is 11.1 Å². The average Bonchev–Trinajstić information content (AvgIpc) is 2.31. The molecule has 0 aliphatic rings. The monoisotopic (exact) mass is 248 g/mol. The van der Waals surface area contributed by atoms with Gasteiger partial charge in [-0.3, -0.25) is 4.99 Å². The predicted molar refractivity (Wildman–Crippen MR) is 72.9 cm³/mol. The van der Waals surface area contributed by atoms with E-state index in [-0.39, 0.29) is 6.10 Å². The molecule has 4 heteroatoms. The van der Waals surface area contributed by atoms with Gasteiger partial charge in [-0.15, -0.1) is 11.8 Å². The molecule has 0 heterocycles. The molecule has 0 aliphatic carbocycles. The van der Waals surface area contributed by atoms with E-state index in [0.29, 0.717) is 11.3 Å². The summed E-state index contributed by atoms with van der Waals surface area (Å²) in [5.74, 6) is 0.628. The van der Waals surface area contributed by atoms with Crippen molar-refractivity contribution in [3.8, 4) is 11.8 Å². The summed E-state index contributed by atoms with van der Waals surface area (Å²) in [5, 5.41) is 10.0. The molecule has 0 saturated carbocycles. The summed E-state index contributed by atoms with van der Waals surface area (Å²) in [4.78, 5) is 4.17. The fourth-order valence-electron chi connectivity index (χ4n) is 1.45. The van der Waals surface area contributed by atoms with Crippen LogP contribution in [0.3, 0.4) is 0 Å². The fourth-order valence-corrected chi connectivity index (χ4v) is 1.99. The van der Waals surface area contributed by atoms with Gasteiger partial charge in [-0.1, -0.05) is 0 Å². The molecule has 0 aromatic heterocycles. The number of thioether (sulfide) groups is 1. The lowest BCUT2D eigenvalue weighted by Gasteiger charge is -2.12. The Morgan fingerprint density at radius 1 is 1.47 bits per heavy atom. The first-order valence-corrected chi connectivity index (χ1v) is 6.56. The molecule has 0 fully saturated rings. The maximum absolute atomic E-state index is 9.11. The standard InChI is InChI=1S/C13H16N2OS/c1-9(2)16-12-6-5-10(7-11(12)8-14)13(15-3)17-4/h5-7,9H,1-4H3. The van der Waals surface area contributed by atoms with Crippen molar-refractivity contribution in [3.05, 3.63) is 29.3 Å². The van der Waals surface area contributed by atoms with Gasteiger partial charge in [0.25, 0.3) is 0 Å². The van der Waals surface area contributed by atoms with Crippen LogP contribution >= 0.6 is 11.8 Å². The van der Waals surface area contributed by atoms with Crippen LogP contribution in [0, 0.1) is 11.3 Å². The van der Waals surface area contributed by atoms with Crippen LogP contribution < -0.4 is 4.74 Å². The smallest absolute Gasteiger partial charge is 0.137 e. The zero-order valence-corrected chi connectivity index (χ0v) is 11.3. The summed E-state index contributed by atoms with van der Waals surface area (Å²) in [6, 6.07) is 7.73. The minimum Gasteiger partial charge on any atom is -0.490 e. The first kappa shape index (κ1) is 13.6. The first-order valence-electron chi connectivity index (χ1n) is 5.34. The van der Waals surface area contributed by atoms with Crippen molar-refractivity contribution in [2.45, 2.75) is 20.0 Å². The van der Waals surface area contributed by atoms with Crippen molar-refractivity contribution in [3.63, 3.8) is 0 Å². The molecule has 0 spiro atoms. The Bertz CT molecular complexity index is 461. The number of aliphatic imine (C=N–C) groups is 1. The van der Waals surface area contributed by atoms with Crippen LogP contribution in [0.5, 0.6) is 5.75 Å². The number of benzene rings is 1. The fraction of sp³-hybridized carbons (Fsp3) is 0.385. The SMILES string of the molecule is CN=C(SC)c1ccc(OC(C)C)c(C#N)c1. The molecule has 1 aromatic rings. The number of nitriles is 1. The Morgan fingerprint density at radius 2 is 2.18 bits per heavy atom. The molecule has 0 atom stereocenters. The Balaban J connectivity index is 3.14. The largest absolute Gasteiger partial charge is 0.490 e. The molecule has 1 rings (SSSR count). The van der Waals surface area contributed by atoms with E-state index in [9.17, 15) is 0 Å². The van der Waals surface area contributed by atoms with Crippen LogP contribution in [0.15, 0.2) is 23.2 Å². The molecule has 0 radical (unpaired) electrons. The van der Waals surface area contributed by atoms with E-state index in [0.717, 1.165) is 10.6 Å². The molecule has 0 amide bonds. The van der Waals surface area contributed by atoms with E-state index < -0.39 is 0 Å². The topological polar surface area (TPSA) is 45.4 Å². The van der Waals surface area contributed by atoms with Crippen molar-refractivity contribution in [2.75, 3.05) is 13.3 Å².